The molecule has 3 N–H and O–H groups in total. The van der Waals surface area contributed by atoms with Crippen LogP contribution < -0.4 is 10.5 Å². The summed E-state index contributed by atoms with van der Waals surface area (Å²) in [5.74, 6) is -4.71. The fraction of sp³-hybridized carbons (Fsp3) is 0.429. The van der Waals surface area contributed by atoms with Crippen molar-refractivity contribution in [3.8, 4) is 5.75 Å². The van der Waals surface area contributed by atoms with E-state index in [1.54, 1.807) is 0 Å². The number of nitrogens with two attached hydrogens (primary N) is 1. The Morgan fingerprint density at radius 2 is 1.76 bits per heavy atom. The minimum atomic E-state index is -4.72. The first-order valence-electron chi connectivity index (χ1n) is 9.80. The molecule has 1 unspecified atom stereocenters. The lowest BCUT2D eigenvalue weighted by Gasteiger charge is -2.25. The van der Waals surface area contributed by atoms with Gasteiger partial charge in [-0.25, -0.2) is 17.7 Å². The number of aliphatic hydroxyl groups is 1. The van der Waals surface area contributed by atoms with Crippen molar-refractivity contribution in [1.29, 1.82) is 0 Å². The fourth-order valence-corrected chi connectivity index (χ4v) is 3.34. The van der Waals surface area contributed by atoms with E-state index in [1.165, 1.54) is 6.07 Å². The molecule has 0 spiro atoms. The van der Waals surface area contributed by atoms with Crippen molar-refractivity contribution in [1.82, 2.24) is 0 Å². The molecule has 0 saturated carbocycles. The third-order valence-corrected chi connectivity index (χ3v) is 5.18. The van der Waals surface area contributed by atoms with Crippen LogP contribution in [0, 0.1) is 17.5 Å². The minimum absolute atomic E-state index is 0.0618. The van der Waals surface area contributed by atoms with Gasteiger partial charge in [-0.3, -0.25) is 4.52 Å². The van der Waals surface area contributed by atoms with Crippen LogP contribution in [0.4, 0.5) is 26.3 Å². The largest absolute Gasteiger partial charge is 0.493 e. The van der Waals surface area contributed by atoms with Crippen LogP contribution in [0.15, 0.2) is 30.3 Å². The van der Waals surface area contributed by atoms with Gasteiger partial charge >= 0.3 is 14.9 Å². The first-order chi connectivity index (χ1) is 15.5. The molecular formula is C21H22F6NO4P. The molecule has 0 heterocycles. The zero-order chi connectivity index (χ0) is 24.6. The zero-order valence-electron chi connectivity index (χ0n) is 17.3. The van der Waals surface area contributed by atoms with E-state index in [0.717, 1.165) is 24.3 Å². The smallest absolute Gasteiger partial charge is 0.419 e. The van der Waals surface area contributed by atoms with Gasteiger partial charge in [0.25, 0.3) is 0 Å². The quantitative estimate of drug-likeness (QED) is 0.187. The van der Waals surface area contributed by atoms with E-state index in [1.807, 2.05) is 0 Å². The second-order valence-corrected chi connectivity index (χ2v) is 7.89. The summed E-state index contributed by atoms with van der Waals surface area (Å²) in [6, 6.07) is 5.28. The molecule has 0 bridgehead atoms. The maximum Gasteiger partial charge on any atom is 0.419 e. The molecule has 33 heavy (non-hydrogen) atoms. The SMILES string of the molecule is NC(CO)(CCc1ccc(OCCCc2ccc(F)c(F)c2F)c(C(F)(F)F)c1)COP=O. The Labute approximate surface area is 187 Å². The van der Waals surface area contributed by atoms with Gasteiger partial charge in [0.2, 0.25) is 0 Å². The Balaban J connectivity index is 2.04. The van der Waals surface area contributed by atoms with Crippen molar-refractivity contribution in [2.24, 2.45) is 5.73 Å². The van der Waals surface area contributed by atoms with Crippen LogP contribution in [0.2, 0.25) is 0 Å². The lowest BCUT2D eigenvalue weighted by molar-refractivity contribution is -0.139. The predicted octanol–water partition coefficient (Wildman–Crippen LogP) is 4.98. The first kappa shape index (κ1) is 27.0. The summed E-state index contributed by atoms with van der Waals surface area (Å²) in [6.07, 6.45) is -4.58. The molecule has 0 amide bonds. The molecular weight excluding hydrogens is 475 g/mol. The van der Waals surface area contributed by atoms with Crippen LogP contribution >= 0.6 is 8.69 Å². The minimum Gasteiger partial charge on any atom is -0.493 e. The molecule has 0 fully saturated rings. The van der Waals surface area contributed by atoms with Gasteiger partial charge in [-0.15, -0.1) is 0 Å². The van der Waals surface area contributed by atoms with Crippen LogP contribution in [0.1, 0.15) is 29.5 Å². The number of hydrogen-bond donors (Lipinski definition) is 2. The summed E-state index contributed by atoms with van der Waals surface area (Å²) >= 11 is 0. The number of ether oxygens (including phenoxy) is 1. The van der Waals surface area contributed by atoms with Gasteiger partial charge in [0.1, 0.15) is 5.75 Å². The maximum absolute atomic E-state index is 13.7. The van der Waals surface area contributed by atoms with E-state index in [0.29, 0.717) is 0 Å². The number of aryl methyl sites for hydroxylation is 2. The number of alkyl halides is 3. The van der Waals surface area contributed by atoms with Gasteiger partial charge in [0.15, 0.2) is 17.5 Å². The lowest BCUT2D eigenvalue weighted by Crippen LogP contribution is -2.47. The Kier molecular flexibility index (Phi) is 9.66. The number of benzene rings is 2. The molecule has 0 aliphatic carbocycles. The van der Waals surface area contributed by atoms with Crippen molar-refractivity contribution < 1.29 is 45.3 Å². The second-order valence-electron chi connectivity index (χ2n) is 7.48. The fourth-order valence-electron chi connectivity index (χ4n) is 3.03. The van der Waals surface area contributed by atoms with E-state index in [-0.39, 0.29) is 50.0 Å². The van der Waals surface area contributed by atoms with Crippen LogP contribution in [-0.4, -0.2) is 30.5 Å². The molecule has 2 aromatic rings. The molecule has 2 rings (SSSR count). The predicted molar refractivity (Wildman–Crippen MR) is 107 cm³/mol. The molecule has 5 nitrogen and oxygen atoms in total. The van der Waals surface area contributed by atoms with Gasteiger partial charge in [-0.05, 0) is 55.0 Å². The van der Waals surface area contributed by atoms with Gasteiger partial charge in [-0.1, -0.05) is 12.1 Å². The van der Waals surface area contributed by atoms with Crippen molar-refractivity contribution >= 4 is 8.69 Å². The maximum atomic E-state index is 13.7. The van der Waals surface area contributed by atoms with Crippen molar-refractivity contribution in [3.05, 3.63) is 64.5 Å². The summed E-state index contributed by atoms with van der Waals surface area (Å²) in [4.78, 5) is 0. The average Bonchev–Trinajstić information content (AvgIpc) is 2.78. The number of hydrogen-bond acceptors (Lipinski definition) is 5. The second kappa shape index (κ2) is 11.8. The molecule has 12 heteroatoms. The zero-order valence-corrected chi connectivity index (χ0v) is 18.2. The summed E-state index contributed by atoms with van der Waals surface area (Å²) in [5, 5.41) is 9.39. The molecule has 0 aromatic heterocycles. The highest BCUT2D eigenvalue weighted by Gasteiger charge is 2.35. The third-order valence-electron chi connectivity index (χ3n) is 4.94. The molecule has 0 aliphatic heterocycles. The van der Waals surface area contributed by atoms with Gasteiger partial charge in [0, 0.05) is 0 Å². The van der Waals surface area contributed by atoms with E-state index >= 15 is 0 Å². The van der Waals surface area contributed by atoms with E-state index in [2.05, 4.69) is 4.52 Å². The van der Waals surface area contributed by atoms with Crippen LogP contribution in [0.25, 0.3) is 0 Å². The Bertz CT molecular complexity index is 959. The van der Waals surface area contributed by atoms with Gasteiger partial charge in [-0.2, -0.15) is 13.2 Å². The monoisotopic (exact) mass is 497 g/mol. The normalized spacial score (nSPS) is 13.8. The number of aliphatic hydroxyl groups excluding tert-OH is 1. The van der Waals surface area contributed by atoms with E-state index < -0.39 is 55.8 Å². The topological polar surface area (TPSA) is 81.8 Å². The molecule has 0 aliphatic rings. The van der Waals surface area contributed by atoms with E-state index in [4.69, 9.17) is 10.5 Å². The summed E-state index contributed by atoms with van der Waals surface area (Å²) in [5.41, 5.74) is 3.77. The summed E-state index contributed by atoms with van der Waals surface area (Å²) < 4.78 is 101. The average molecular weight is 497 g/mol. The lowest BCUT2D eigenvalue weighted by atomic mass is 9.93. The van der Waals surface area contributed by atoms with Gasteiger partial charge < -0.3 is 15.6 Å². The highest BCUT2D eigenvalue weighted by Crippen LogP contribution is 2.37. The Hall–Kier alpha value is -2.20. The summed E-state index contributed by atoms with van der Waals surface area (Å²) in [7, 11) is -0.630. The number of halogens is 6. The van der Waals surface area contributed by atoms with Gasteiger partial charge in [0.05, 0.1) is 30.9 Å². The molecule has 182 valence electrons. The number of rotatable bonds is 12. The third kappa shape index (κ3) is 7.67. The molecule has 1 atom stereocenters. The molecule has 2 aromatic carbocycles. The molecule has 0 radical (unpaired) electrons. The Morgan fingerprint density at radius 3 is 2.39 bits per heavy atom. The highest BCUT2D eigenvalue weighted by atomic mass is 31.1. The van der Waals surface area contributed by atoms with Crippen molar-refractivity contribution in [3.63, 3.8) is 0 Å². The van der Waals surface area contributed by atoms with Crippen molar-refractivity contribution in [2.75, 3.05) is 19.8 Å². The van der Waals surface area contributed by atoms with Crippen LogP contribution in [-0.2, 0) is 28.1 Å². The standard InChI is InChI=1S/C21H22F6NO4P/c22-16-5-4-14(18(23)19(16)24)2-1-9-31-17-6-3-13(10-15(17)21(25,26)27)7-8-20(28,11-29)12-32-33-30/h3-6,10,29H,1-2,7-9,11-12,28H2. The van der Waals surface area contributed by atoms with Crippen molar-refractivity contribution in [2.45, 2.75) is 37.4 Å². The van der Waals surface area contributed by atoms with E-state index in [9.17, 15) is 36.0 Å². The van der Waals surface area contributed by atoms with Crippen LogP contribution in [0.3, 0.4) is 0 Å². The first-order valence-corrected chi connectivity index (χ1v) is 10.5. The molecule has 0 saturated heterocycles. The summed E-state index contributed by atoms with van der Waals surface area (Å²) in [6.45, 7) is -0.988. The highest BCUT2D eigenvalue weighted by molar-refractivity contribution is 7.17. The van der Waals surface area contributed by atoms with Crippen LogP contribution in [0.5, 0.6) is 5.75 Å². The Morgan fingerprint density at radius 1 is 1.03 bits per heavy atom.